The topological polar surface area (TPSA) is 80.3 Å². The van der Waals surface area contributed by atoms with Gasteiger partial charge < -0.3 is 4.57 Å². The predicted molar refractivity (Wildman–Crippen MR) is 247 cm³/mol. The molecule has 0 atom stereocenters. The third-order valence-corrected chi connectivity index (χ3v) is 11.3. The van der Waals surface area contributed by atoms with Crippen LogP contribution in [-0.4, -0.2) is 24.5 Å². The first-order valence-corrected chi connectivity index (χ1v) is 20.2. The van der Waals surface area contributed by atoms with Crippen molar-refractivity contribution in [2.45, 2.75) is 0 Å². The van der Waals surface area contributed by atoms with Crippen molar-refractivity contribution >= 4 is 32.7 Å². The summed E-state index contributed by atoms with van der Waals surface area (Å²) in [6.07, 6.45) is 0. The lowest BCUT2D eigenvalue weighted by Crippen LogP contribution is -2.00. The van der Waals surface area contributed by atoms with Crippen LogP contribution in [0.1, 0.15) is 5.56 Å². The molecule has 0 saturated heterocycles. The molecule has 0 amide bonds. The first kappa shape index (κ1) is 35.6. The summed E-state index contributed by atoms with van der Waals surface area (Å²) >= 11 is 0. The standard InChI is InChI=1S/C55H34N6/c56-35-36-22-24-41(25-23-36)53-58-54(60-55(59-53)44-15-11-14-43(34-44)37-12-3-1-4-13-37)42-32-28-39(29-33-42)38-26-30-40(31-27-38)51-52-50(46-18-7-9-20-48(46)57-51)47-19-8-10-21-49(47)61(52)45-16-5-2-6-17-45/h1-34H. The third kappa shape index (κ3) is 6.48. The molecule has 0 radical (unpaired) electrons. The van der Waals surface area contributed by atoms with Crippen LogP contribution in [0.25, 0.3) is 106 Å². The van der Waals surface area contributed by atoms with Crippen molar-refractivity contribution in [3.05, 3.63) is 212 Å². The van der Waals surface area contributed by atoms with Gasteiger partial charge in [0, 0.05) is 44.1 Å². The number of rotatable bonds is 7. The van der Waals surface area contributed by atoms with Gasteiger partial charge in [-0.25, -0.2) is 19.9 Å². The minimum atomic E-state index is 0.539. The zero-order valence-electron chi connectivity index (χ0n) is 32.8. The van der Waals surface area contributed by atoms with Gasteiger partial charge in [0.05, 0.1) is 33.9 Å². The Hall–Kier alpha value is -8.53. The van der Waals surface area contributed by atoms with Gasteiger partial charge in [-0.2, -0.15) is 5.26 Å². The first-order valence-electron chi connectivity index (χ1n) is 20.2. The van der Waals surface area contributed by atoms with Crippen LogP contribution in [-0.2, 0) is 0 Å². The van der Waals surface area contributed by atoms with E-state index >= 15 is 0 Å². The molecule has 0 bridgehead atoms. The minimum absolute atomic E-state index is 0.539. The lowest BCUT2D eigenvalue weighted by atomic mass is 9.99. The molecule has 6 nitrogen and oxygen atoms in total. The highest BCUT2D eigenvalue weighted by Crippen LogP contribution is 2.41. The molecule has 61 heavy (non-hydrogen) atoms. The molecule has 3 aromatic heterocycles. The highest BCUT2D eigenvalue weighted by Gasteiger charge is 2.21. The molecule has 0 unspecified atom stereocenters. The normalized spacial score (nSPS) is 11.3. The summed E-state index contributed by atoms with van der Waals surface area (Å²) in [7, 11) is 0. The highest BCUT2D eigenvalue weighted by molar-refractivity contribution is 6.23. The Kier molecular flexibility index (Phi) is 8.76. The molecule has 0 aliphatic rings. The van der Waals surface area contributed by atoms with E-state index in [1.165, 1.54) is 10.8 Å². The molecular formula is C55H34N6. The van der Waals surface area contributed by atoms with Crippen molar-refractivity contribution < 1.29 is 0 Å². The number of pyridine rings is 1. The Morgan fingerprint density at radius 1 is 0.377 bits per heavy atom. The van der Waals surface area contributed by atoms with Gasteiger partial charge in [-0.15, -0.1) is 0 Å². The number of benzene rings is 8. The molecule has 0 N–H and O–H groups in total. The van der Waals surface area contributed by atoms with E-state index in [-0.39, 0.29) is 0 Å². The number of hydrogen-bond acceptors (Lipinski definition) is 5. The molecule has 11 rings (SSSR count). The second kappa shape index (κ2) is 15.0. The largest absolute Gasteiger partial charge is 0.307 e. The maximum Gasteiger partial charge on any atom is 0.164 e. The van der Waals surface area contributed by atoms with Crippen LogP contribution in [0.15, 0.2) is 206 Å². The van der Waals surface area contributed by atoms with Gasteiger partial charge in [-0.05, 0) is 76.9 Å². The zero-order valence-corrected chi connectivity index (χ0v) is 32.8. The monoisotopic (exact) mass is 778 g/mol. The van der Waals surface area contributed by atoms with Crippen LogP contribution < -0.4 is 0 Å². The fourth-order valence-electron chi connectivity index (χ4n) is 8.30. The summed E-state index contributed by atoms with van der Waals surface area (Å²) in [6, 6.07) is 72.8. The van der Waals surface area contributed by atoms with E-state index in [1.807, 2.05) is 42.5 Å². The van der Waals surface area contributed by atoms with Gasteiger partial charge in [0.15, 0.2) is 17.5 Å². The molecular weight excluding hydrogens is 745 g/mol. The molecule has 3 heterocycles. The Balaban J connectivity index is 0.980. The van der Waals surface area contributed by atoms with Crippen molar-refractivity contribution in [1.82, 2.24) is 24.5 Å². The number of fused-ring (bicyclic) bond motifs is 5. The molecule has 284 valence electrons. The average molecular weight is 779 g/mol. The van der Waals surface area contributed by atoms with E-state index < -0.39 is 0 Å². The van der Waals surface area contributed by atoms with Gasteiger partial charge in [0.2, 0.25) is 0 Å². The predicted octanol–water partition coefficient (Wildman–Crippen LogP) is 13.4. The summed E-state index contributed by atoms with van der Waals surface area (Å²) in [5, 5.41) is 13.0. The van der Waals surface area contributed by atoms with Crippen molar-refractivity contribution in [1.29, 1.82) is 5.26 Å². The molecule has 0 spiro atoms. The fourth-order valence-corrected chi connectivity index (χ4v) is 8.30. The smallest absolute Gasteiger partial charge is 0.164 e. The van der Waals surface area contributed by atoms with Crippen molar-refractivity contribution in [2.75, 3.05) is 0 Å². The van der Waals surface area contributed by atoms with E-state index in [0.717, 1.165) is 77.8 Å². The number of aromatic nitrogens is 5. The fraction of sp³-hybridized carbons (Fsp3) is 0. The van der Waals surface area contributed by atoms with E-state index in [4.69, 9.17) is 19.9 Å². The van der Waals surface area contributed by atoms with Gasteiger partial charge in [0.25, 0.3) is 0 Å². The Labute approximate surface area is 352 Å². The molecule has 0 saturated carbocycles. The summed E-state index contributed by atoms with van der Waals surface area (Å²) in [6.45, 7) is 0. The maximum absolute atomic E-state index is 9.43. The van der Waals surface area contributed by atoms with Crippen LogP contribution in [0.2, 0.25) is 0 Å². The first-order chi connectivity index (χ1) is 30.2. The third-order valence-electron chi connectivity index (χ3n) is 11.3. The molecule has 0 fully saturated rings. The van der Waals surface area contributed by atoms with Crippen LogP contribution >= 0.6 is 0 Å². The van der Waals surface area contributed by atoms with E-state index in [1.54, 1.807) is 12.1 Å². The summed E-state index contributed by atoms with van der Waals surface area (Å²) in [5.74, 6) is 1.68. The lowest BCUT2D eigenvalue weighted by Gasteiger charge is -2.13. The van der Waals surface area contributed by atoms with E-state index in [2.05, 4.69) is 162 Å². The number of para-hydroxylation sites is 3. The quantitative estimate of drug-likeness (QED) is 0.161. The number of nitriles is 1. The minimum Gasteiger partial charge on any atom is -0.307 e. The molecule has 11 aromatic rings. The van der Waals surface area contributed by atoms with Gasteiger partial charge in [-0.1, -0.05) is 152 Å². The van der Waals surface area contributed by atoms with Crippen LogP contribution in [0, 0.1) is 11.3 Å². The van der Waals surface area contributed by atoms with Gasteiger partial charge in [0.1, 0.15) is 0 Å². The van der Waals surface area contributed by atoms with E-state index in [0.29, 0.717) is 23.0 Å². The van der Waals surface area contributed by atoms with Crippen molar-refractivity contribution in [3.8, 4) is 79.4 Å². The highest BCUT2D eigenvalue weighted by atomic mass is 15.0. The van der Waals surface area contributed by atoms with Crippen molar-refractivity contribution in [2.24, 2.45) is 0 Å². The second-order valence-corrected chi connectivity index (χ2v) is 15.0. The molecule has 6 heteroatoms. The van der Waals surface area contributed by atoms with E-state index in [9.17, 15) is 5.26 Å². The van der Waals surface area contributed by atoms with Gasteiger partial charge >= 0.3 is 0 Å². The Bertz CT molecular complexity index is 3440. The molecule has 0 aliphatic carbocycles. The average Bonchev–Trinajstić information content (AvgIpc) is 3.70. The zero-order chi connectivity index (χ0) is 40.7. The van der Waals surface area contributed by atoms with Crippen LogP contribution in [0.5, 0.6) is 0 Å². The molecule has 8 aromatic carbocycles. The van der Waals surface area contributed by atoms with Gasteiger partial charge in [-0.3, -0.25) is 0 Å². The maximum atomic E-state index is 9.43. The summed E-state index contributed by atoms with van der Waals surface area (Å²) in [5.41, 5.74) is 13.8. The summed E-state index contributed by atoms with van der Waals surface area (Å²) < 4.78 is 2.35. The summed E-state index contributed by atoms with van der Waals surface area (Å²) in [4.78, 5) is 20.3. The Morgan fingerprint density at radius 3 is 1.54 bits per heavy atom. The lowest BCUT2D eigenvalue weighted by molar-refractivity contribution is 1.07. The SMILES string of the molecule is N#Cc1ccc(-c2nc(-c3ccc(-c4ccc(-c5nc6ccccc6c6c7ccccc7n(-c7ccccc7)c56)cc4)cc3)nc(-c3cccc(-c4ccccc4)c3)n2)cc1. The van der Waals surface area contributed by atoms with Crippen LogP contribution in [0.3, 0.4) is 0 Å². The van der Waals surface area contributed by atoms with Crippen LogP contribution in [0.4, 0.5) is 0 Å². The van der Waals surface area contributed by atoms with Crippen molar-refractivity contribution in [3.63, 3.8) is 0 Å². The Morgan fingerprint density at radius 2 is 0.869 bits per heavy atom. The number of nitrogens with zero attached hydrogens (tertiary/aromatic N) is 6. The number of hydrogen-bond donors (Lipinski definition) is 0. The molecule has 0 aliphatic heterocycles. The second-order valence-electron chi connectivity index (χ2n) is 15.0.